The monoisotopic (exact) mass is 267 g/mol. The molecule has 0 aromatic heterocycles. The predicted octanol–water partition coefficient (Wildman–Crippen LogP) is 2.95. The molecular weight excluding hydrogens is 245 g/mol. The number of aromatic hydroxyl groups is 1. The first kappa shape index (κ1) is 14.3. The summed E-state index contributed by atoms with van der Waals surface area (Å²) in [6, 6.07) is 4.29. The third-order valence-corrected chi connectivity index (χ3v) is 4.21. The van der Waals surface area contributed by atoms with E-state index in [0.717, 1.165) is 25.1 Å². The lowest BCUT2D eigenvalue weighted by molar-refractivity contribution is -0.0173. The third-order valence-electron chi connectivity index (χ3n) is 4.21. The average Bonchev–Trinajstić information content (AvgIpc) is 2.38. The van der Waals surface area contributed by atoms with Gasteiger partial charge in [-0.05, 0) is 31.9 Å². The van der Waals surface area contributed by atoms with Crippen molar-refractivity contribution >= 4 is 0 Å². The highest BCUT2D eigenvalue weighted by molar-refractivity contribution is 5.35. The van der Waals surface area contributed by atoms with Crippen molar-refractivity contribution in [3.8, 4) is 5.75 Å². The minimum absolute atomic E-state index is 0.0279. The number of methoxy groups -OCH3 is 1. The summed E-state index contributed by atoms with van der Waals surface area (Å²) in [5.41, 5.74) is 0.769. The summed E-state index contributed by atoms with van der Waals surface area (Å²) in [6.45, 7) is 6.05. The molecule has 0 radical (unpaired) electrons. The van der Waals surface area contributed by atoms with Crippen LogP contribution in [0.5, 0.6) is 5.75 Å². The first-order chi connectivity index (χ1) is 9.02. The lowest BCUT2D eigenvalue weighted by Crippen LogP contribution is -2.44. The van der Waals surface area contributed by atoms with Crippen LogP contribution in [0.4, 0.5) is 4.39 Å². The van der Waals surface area contributed by atoms with Gasteiger partial charge in [-0.25, -0.2) is 4.39 Å². The van der Waals surface area contributed by atoms with Crippen LogP contribution < -0.4 is 0 Å². The number of hydrogen-bond acceptors (Lipinski definition) is 3. The largest absolute Gasteiger partial charge is 0.508 e. The molecule has 106 valence electrons. The number of phenolic OH excluding ortho intramolecular Hbond substituents is 1. The lowest BCUT2D eigenvalue weighted by Gasteiger charge is -2.39. The Bertz CT molecular complexity index is 438. The van der Waals surface area contributed by atoms with Crippen molar-refractivity contribution in [2.24, 2.45) is 5.92 Å². The topological polar surface area (TPSA) is 32.7 Å². The minimum Gasteiger partial charge on any atom is -0.508 e. The summed E-state index contributed by atoms with van der Waals surface area (Å²) in [4.78, 5) is 2.28. The molecule has 1 heterocycles. The van der Waals surface area contributed by atoms with E-state index in [1.54, 1.807) is 13.2 Å². The second-order valence-corrected chi connectivity index (χ2v) is 5.41. The molecule has 1 aliphatic heterocycles. The van der Waals surface area contributed by atoms with E-state index in [-0.39, 0.29) is 17.9 Å². The van der Waals surface area contributed by atoms with E-state index in [1.807, 2.05) is 6.92 Å². The van der Waals surface area contributed by atoms with E-state index < -0.39 is 5.82 Å². The maximum Gasteiger partial charge on any atom is 0.126 e. The van der Waals surface area contributed by atoms with E-state index in [4.69, 9.17) is 4.74 Å². The van der Waals surface area contributed by atoms with Gasteiger partial charge in [-0.1, -0.05) is 13.0 Å². The fourth-order valence-electron chi connectivity index (χ4n) is 2.78. The molecule has 1 saturated heterocycles. The summed E-state index contributed by atoms with van der Waals surface area (Å²) in [6.07, 6.45) is 1.30. The fourth-order valence-corrected chi connectivity index (χ4v) is 2.78. The van der Waals surface area contributed by atoms with Crippen LogP contribution in [0.15, 0.2) is 18.2 Å². The van der Waals surface area contributed by atoms with E-state index in [1.165, 1.54) is 12.1 Å². The molecule has 0 amide bonds. The number of benzene rings is 1. The van der Waals surface area contributed by atoms with Crippen molar-refractivity contribution in [2.45, 2.75) is 32.4 Å². The van der Waals surface area contributed by atoms with Crippen molar-refractivity contribution in [1.82, 2.24) is 4.90 Å². The van der Waals surface area contributed by atoms with Gasteiger partial charge in [-0.2, -0.15) is 0 Å². The van der Waals surface area contributed by atoms with Gasteiger partial charge in [-0.15, -0.1) is 0 Å². The van der Waals surface area contributed by atoms with Crippen LogP contribution in [0.25, 0.3) is 0 Å². The number of nitrogens with zero attached hydrogens (tertiary/aromatic N) is 1. The molecular formula is C15H22FNO2. The molecule has 3 atom stereocenters. The Morgan fingerprint density at radius 3 is 2.84 bits per heavy atom. The zero-order valence-electron chi connectivity index (χ0n) is 11.8. The Balaban J connectivity index is 2.13. The quantitative estimate of drug-likeness (QED) is 0.914. The first-order valence-corrected chi connectivity index (χ1v) is 6.78. The molecule has 1 aliphatic rings. The van der Waals surface area contributed by atoms with Crippen LogP contribution in [0, 0.1) is 11.7 Å². The maximum absolute atomic E-state index is 13.0. The van der Waals surface area contributed by atoms with Crippen LogP contribution in [-0.4, -0.2) is 36.3 Å². The fraction of sp³-hybridized carbons (Fsp3) is 0.600. The summed E-state index contributed by atoms with van der Waals surface area (Å²) >= 11 is 0. The zero-order valence-corrected chi connectivity index (χ0v) is 11.8. The standard InChI is InChI=1S/C15H22FNO2/c1-10-6-7-17(9-15(10)19-3)11(2)13-5-4-12(16)8-14(13)18/h4-5,8,10-11,15,18H,6-7,9H2,1-3H3. The highest BCUT2D eigenvalue weighted by atomic mass is 19.1. The van der Waals surface area contributed by atoms with Gasteiger partial charge in [0.05, 0.1) is 6.10 Å². The van der Waals surface area contributed by atoms with Crippen molar-refractivity contribution in [1.29, 1.82) is 0 Å². The number of piperidine rings is 1. The first-order valence-electron chi connectivity index (χ1n) is 6.78. The number of rotatable bonds is 3. The van der Waals surface area contributed by atoms with Crippen LogP contribution in [-0.2, 0) is 4.74 Å². The van der Waals surface area contributed by atoms with Gasteiger partial charge in [0.15, 0.2) is 0 Å². The maximum atomic E-state index is 13.0. The number of phenols is 1. The van der Waals surface area contributed by atoms with Crippen molar-refractivity contribution in [3.63, 3.8) is 0 Å². The molecule has 1 aromatic rings. The zero-order chi connectivity index (χ0) is 14.0. The third kappa shape index (κ3) is 3.07. The van der Waals surface area contributed by atoms with E-state index in [2.05, 4.69) is 11.8 Å². The summed E-state index contributed by atoms with van der Waals surface area (Å²) in [5, 5.41) is 9.87. The highest BCUT2D eigenvalue weighted by Crippen LogP contribution is 2.32. The van der Waals surface area contributed by atoms with Gasteiger partial charge in [-0.3, -0.25) is 4.90 Å². The molecule has 2 rings (SSSR count). The second kappa shape index (κ2) is 5.88. The van der Waals surface area contributed by atoms with Gasteiger partial charge in [0.2, 0.25) is 0 Å². The van der Waals surface area contributed by atoms with Gasteiger partial charge < -0.3 is 9.84 Å². The number of halogens is 1. The Labute approximate surface area is 114 Å². The molecule has 0 saturated carbocycles. The number of ether oxygens (including phenoxy) is 1. The molecule has 1 aromatic carbocycles. The average molecular weight is 267 g/mol. The Kier molecular flexibility index (Phi) is 4.42. The molecule has 3 unspecified atom stereocenters. The van der Waals surface area contributed by atoms with E-state index in [9.17, 15) is 9.50 Å². The smallest absolute Gasteiger partial charge is 0.126 e. The molecule has 1 N–H and O–H groups in total. The summed E-state index contributed by atoms with van der Waals surface area (Å²) in [5.74, 6) is 0.172. The SMILES string of the molecule is COC1CN(C(C)c2ccc(F)cc2O)CCC1C. The van der Waals surface area contributed by atoms with Gasteiger partial charge in [0.25, 0.3) is 0 Å². The van der Waals surface area contributed by atoms with Crippen LogP contribution >= 0.6 is 0 Å². The van der Waals surface area contributed by atoms with E-state index >= 15 is 0 Å². The lowest BCUT2D eigenvalue weighted by atomic mass is 9.93. The Morgan fingerprint density at radius 1 is 1.47 bits per heavy atom. The molecule has 1 fully saturated rings. The molecule has 0 bridgehead atoms. The van der Waals surface area contributed by atoms with Crippen LogP contribution in [0.3, 0.4) is 0 Å². The summed E-state index contributed by atoms with van der Waals surface area (Å²) in [7, 11) is 1.74. The predicted molar refractivity (Wildman–Crippen MR) is 72.6 cm³/mol. The highest BCUT2D eigenvalue weighted by Gasteiger charge is 2.29. The van der Waals surface area contributed by atoms with Crippen molar-refractivity contribution in [3.05, 3.63) is 29.6 Å². The normalized spacial score (nSPS) is 26.3. The molecule has 0 spiro atoms. The minimum atomic E-state index is -0.407. The van der Waals surface area contributed by atoms with Gasteiger partial charge >= 0.3 is 0 Å². The molecule has 4 heteroatoms. The Hall–Kier alpha value is -1.13. The van der Waals surface area contributed by atoms with Crippen LogP contribution in [0.1, 0.15) is 31.9 Å². The Morgan fingerprint density at radius 2 is 2.21 bits per heavy atom. The molecule has 19 heavy (non-hydrogen) atoms. The number of likely N-dealkylation sites (tertiary alicyclic amines) is 1. The summed E-state index contributed by atoms with van der Waals surface area (Å²) < 4.78 is 18.5. The van der Waals surface area contributed by atoms with Gasteiger partial charge in [0, 0.05) is 31.3 Å². The van der Waals surface area contributed by atoms with Crippen molar-refractivity contribution < 1.29 is 14.2 Å². The number of hydrogen-bond donors (Lipinski definition) is 1. The van der Waals surface area contributed by atoms with Crippen molar-refractivity contribution in [2.75, 3.05) is 20.2 Å². The van der Waals surface area contributed by atoms with Gasteiger partial charge in [0.1, 0.15) is 11.6 Å². The molecule has 0 aliphatic carbocycles. The van der Waals surface area contributed by atoms with Crippen LogP contribution in [0.2, 0.25) is 0 Å². The second-order valence-electron chi connectivity index (χ2n) is 5.41. The van der Waals surface area contributed by atoms with E-state index in [0.29, 0.717) is 5.92 Å². The molecule has 3 nitrogen and oxygen atoms in total.